The predicted molar refractivity (Wildman–Crippen MR) is 108 cm³/mol. The molecule has 2 heteroatoms. The van der Waals surface area contributed by atoms with E-state index in [0.29, 0.717) is 18.1 Å². The van der Waals surface area contributed by atoms with Crippen molar-refractivity contribution in [1.82, 2.24) is 0 Å². The van der Waals surface area contributed by atoms with E-state index in [4.69, 9.17) is 4.74 Å². The van der Waals surface area contributed by atoms with E-state index in [-0.39, 0.29) is 0 Å². The second-order valence-corrected chi connectivity index (χ2v) is 23.1. The number of benzene rings is 1. The fourth-order valence-electron chi connectivity index (χ4n) is 3.79. The van der Waals surface area contributed by atoms with Gasteiger partial charge in [-0.1, -0.05) is 0 Å². The van der Waals surface area contributed by atoms with Crippen molar-refractivity contribution in [3.63, 3.8) is 0 Å². The van der Waals surface area contributed by atoms with Crippen LogP contribution in [0, 0.1) is 5.92 Å². The van der Waals surface area contributed by atoms with E-state index in [1.54, 1.807) is 3.59 Å². The minimum atomic E-state index is -2.08. The van der Waals surface area contributed by atoms with Crippen LogP contribution in [-0.4, -0.2) is 30.6 Å². The summed E-state index contributed by atoms with van der Waals surface area (Å²) >= 11 is -2.08. The van der Waals surface area contributed by atoms with Gasteiger partial charge in [0.15, 0.2) is 0 Å². The van der Waals surface area contributed by atoms with Crippen LogP contribution >= 0.6 is 0 Å². The summed E-state index contributed by atoms with van der Waals surface area (Å²) in [5.41, 5.74) is 1.43. The van der Waals surface area contributed by atoms with Crippen molar-refractivity contribution >= 4 is 18.4 Å². The van der Waals surface area contributed by atoms with Gasteiger partial charge in [0.25, 0.3) is 0 Å². The molecule has 1 aromatic carbocycles. The maximum atomic E-state index is 6.53. The van der Waals surface area contributed by atoms with Gasteiger partial charge in [-0.15, -0.1) is 0 Å². The first-order valence-corrected chi connectivity index (χ1v) is 19.8. The third-order valence-corrected chi connectivity index (χ3v) is 12.0. The zero-order valence-electron chi connectivity index (χ0n) is 16.2. The normalized spacial score (nSPS) is 24.2. The number of hydrogen-bond donors (Lipinski definition) is 0. The van der Waals surface area contributed by atoms with Crippen LogP contribution < -0.4 is 0 Å². The van der Waals surface area contributed by atoms with Gasteiger partial charge in [-0.25, -0.2) is 0 Å². The van der Waals surface area contributed by atoms with Gasteiger partial charge in [0.05, 0.1) is 0 Å². The predicted octanol–water partition coefficient (Wildman–Crippen LogP) is 6.41. The quantitative estimate of drug-likeness (QED) is 0.322. The van der Waals surface area contributed by atoms with Crippen molar-refractivity contribution in [3.05, 3.63) is 46.1 Å². The first-order chi connectivity index (χ1) is 11.4. The zero-order valence-corrected chi connectivity index (χ0v) is 19.0. The fourth-order valence-corrected chi connectivity index (χ4v) is 7.83. The van der Waals surface area contributed by atoms with Crippen LogP contribution in [0.4, 0.5) is 0 Å². The molecule has 1 nitrogen and oxygen atoms in total. The van der Waals surface area contributed by atoms with Crippen molar-refractivity contribution in [2.24, 2.45) is 5.92 Å². The molecule has 1 saturated heterocycles. The van der Waals surface area contributed by atoms with Crippen LogP contribution in [0.2, 0.25) is 14.8 Å². The van der Waals surface area contributed by atoms with Gasteiger partial charge < -0.3 is 0 Å². The molecule has 1 aliphatic rings. The van der Waals surface area contributed by atoms with Gasteiger partial charge >= 0.3 is 154 Å². The molecule has 1 aromatic rings. The van der Waals surface area contributed by atoms with Crippen LogP contribution in [0.15, 0.2) is 40.5 Å². The summed E-state index contributed by atoms with van der Waals surface area (Å²) in [4.78, 5) is 7.49. The van der Waals surface area contributed by atoms with Crippen LogP contribution in [0.1, 0.15) is 51.0 Å². The summed E-state index contributed by atoms with van der Waals surface area (Å²) in [5, 5.41) is 0. The molecule has 0 aliphatic carbocycles. The number of aryl methyl sites for hydroxylation is 1. The summed E-state index contributed by atoms with van der Waals surface area (Å²) < 4.78 is 8.12. The van der Waals surface area contributed by atoms with E-state index in [2.05, 4.69) is 58.7 Å². The molecule has 1 fully saturated rings. The van der Waals surface area contributed by atoms with Gasteiger partial charge in [0.2, 0.25) is 0 Å². The number of ether oxygens (including phenoxy) is 1. The molecule has 1 aliphatic heterocycles. The van der Waals surface area contributed by atoms with Crippen LogP contribution in [0.3, 0.4) is 0 Å². The SMILES string of the molecule is C=[C]([C@@H]1C[C@H](CCCCC)O[C@@H]1CCc1ccccc1)[Sn]([CH3])([CH3])[CH3]. The van der Waals surface area contributed by atoms with Crippen molar-refractivity contribution in [2.75, 3.05) is 0 Å². The van der Waals surface area contributed by atoms with Crippen molar-refractivity contribution in [3.8, 4) is 0 Å². The van der Waals surface area contributed by atoms with E-state index < -0.39 is 18.4 Å². The number of unbranched alkanes of at least 4 members (excludes halogenated alkanes) is 2. The van der Waals surface area contributed by atoms with Crippen molar-refractivity contribution < 1.29 is 4.74 Å². The number of rotatable bonds is 9. The van der Waals surface area contributed by atoms with E-state index in [1.807, 2.05) is 0 Å². The Balaban J connectivity index is 1.99. The van der Waals surface area contributed by atoms with Gasteiger partial charge in [0, 0.05) is 0 Å². The Morgan fingerprint density at radius 2 is 1.83 bits per heavy atom. The Morgan fingerprint density at radius 3 is 2.46 bits per heavy atom. The summed E-state index contributed by atoms with van der Waals surface area (Å²) in [7, 11) is 0. The molecule has 0 unspecified atom stereocenters. The Labute approximate surface area is 153 Å². The zero-order chi connectivity index (χ0) is 17.6. The molecule has 3 atom stereocenters. The summed E-state index contributed by atoms with van der Waals surface area (Å²) in [5.74, 6) is 0.608. The molecule has 1 heterocycles. The molecular formula is C22H36OSn. The molecule has 24 heavy (non-hydrogen) atoms. The Bertz CT molecular complexity index is 502. The average molecular weight is 435 g/mol. The Morgan fingerprint density at radius 1 is 1.12 bits per heavy atom. The summed E-state index contributed by atoms with van der Waals surface area (Å²) in [6.07, 6.45) is 9.50. The van der Waals surface area contributed by atoms with E-state index in [1.165, 1.54) is 37.7 Å². The molecule has 0 radical (unpaired) electrons. The van der Waals surface area contributed by atoms with Crippen LogP contribution in [0.5, 0.6) is 0 Å². The number of hydrogen-bond acceptors (Lipinski definition) is 1. The molecule has 0 bridgehead atoms. The standard InChI is InChI=1S/C19H27O.3CH3.Sn/c1-3-5-7-12-18-15-17(4-2)19(20-18)14-13-16-10-8-6-9-11-16;;;;/h6,8-11,17-19H,2-3,5,7,12-15H2,1H3;3*1H3;/t17-,18+,19-;;;;/m1..../s1. The van der Waals surface area contributed by atoms with E-state index in [9.17, 15) is 0 Å². The van der Waals surface area contributed by atoms with Gasteiger partial charge in [0.1, 0.15) is 0 Å². The first kappa shape index (κ1) is 20.0. The van der Waals surface area contributed by atoms with Gasteiger partial charge in [-0.3, -0.25) is 0 Å². The van der Waals surface area contributed by atoms with Crippen molar-refractivity contribution in [2.45, 2.75) is 78.9 Å². The van der Waals surface area contributed by atoms with E-state index in [0.717, 1.165) is 12.8 Å². The van der Waals surface area contributed by atoms with Crippen LogP contribution in [0.25, 0.3) is 0 Å². The Kier molecular flexibility index (Phi) is 7.87. The van der Waals surface area contributed by atoms with E-state index >= 15 is 0 Å². The molecule has 0 amide bonds. The first-order valence-electron chi connectivity index (χ1n) is 9.80. The third kappa shape index (κ3) is 5.91. The molecule has 134 valence electrons. The maximum absolute atomic E-state index is 6.53. The third-order valence-electron chi connectivity index (χ3n) is 5.43. The molecule has 0 spiro atoms. The molecular weight excluding hydrogens is 399 g/mol. The van der Waals surface area contributed by atoms with Crippen molar-refractivity contribution in [1.29, 1.82) is 0 Å². The molecule has 0 aromatic heterocycles. The minimum absolute atomic E-state index is 0.389. The van der Waals surface area contributed by atoms with Gasteiger partial charge in [-0.2, -0.15) is 0 Å². The van der Waals surface area contributed by atoms with Crippen LogP contribution in [-0.2, 0) is 11.2 Å². The molecule has 2 rings (SSSR count). The average Bonchev–Trinajstić information content (AvgIpc) is 2.95. The summed E-state index contributed by atoms with van der Waals surface area (Å²) in [6.45, 7) is 6.83. The monoisotopic (exact) mass is 436 g/mol. The molecule has 0 N–H and O–H groups in total. The fraction of sp³-hybridized carbons (Fsp3) is 0.636. The Hall–Kier alpha value is -0.281. The second-order valence-electron chi connectivity index (χ2n) is 8.43. The summed E-state index contributed by atoms with van der Waals surface area (Å²) in [6, 6.07) is 10.8. The van der Waals surface area contributed by atoms with Gasteiger partial charge in [-0.05, 0) is 0 Å². The second kappa shape index (κ2) is 9.43. The molecule has 0 saturated carbocycles. The topological polar surface area (TPSA) is 9.23 Å².